The first-order valence-electron chi connectivity index (χ1n) is 10.2. The maximum Gasteiger partial charge on any atom is 0.191 e. The number of nitrogens with zero attached hydrogens (tertiary/aromatic N) is 2. The Bertz CT molecular complexity index is 760. The number of nitrogens with one attached hydrogen (secondary N) is 2. The normalized spacial score (nSPS) is 17.8. The fourth-order valence-electron chi connectivity index (χ4n) is 3.00. The molecule has 8 nitrogen and oxygen atoms in total. The van der Waals surface area contributed by atoms with E-state index in [4.69, 9.17) is 4.74 Å². The van der Waals surface area contributed by atoms with Gasteiger partial charge in [-0.3, -0.25) is 9.89 Å². The van der Waals surface area contributed by atoms with Gasteiger partial charge in [-0.1, -0.05) is 12.1 Å². The van der Waals surface area contributed by atoms with E-state index in [1.165, 1.54) is 0 Å². The van der Waals surface area contributed by atoms with Crippen LogP contribution in [0, 0.1) is 0 Å². The van der Waals surface area contributed by atoms with Gasteiger partial charge in [0.2, 0.25) is 0 Å². The summed E-state index contributed by atoms with van der Waals surface area (Å²) in [5.41, 5.74) is 0.761. The smallest absolute Gasteiger partial charge is 0.191 e. The number of hydrogen-bond acceptors (Lipinski definition) is 6. The van der Waals surface area contributed by atoms with Gasteiger partial charge in [0.1, 0.15) is 5.75 Å². The number of aliphatic hydroxyl groups excluding tert-OH is 1. The lowest BCUT2D eigenvalue weighted by Gasteiger charge is -2.26. The monoisotopic (exact) mass is 554 g/mol. The SMILES string of the molecule is CCNC(=NCC(O)c1cccc(OC(C)C)c1)NCCN1CCS(=O)(=O)CC1.I. The Morgan fingerprint density at radius 1 is 1.27 bits per heavy atom. The van der Waals surface area contributed by atoms with Gasteiger partial charge in [-0.05, 0) is 38.5 Å². The lowest BCUT2D eigenvalue weighted by molar-refractivity contribution is 0.185. The van der Waals surface area contributed by atoms with Crippen molar-refractivity contribution in [1.82, 2.24) is 15.5 Å². The number of sulfone groups is 1. The van der Waals surface area contributed by atoms with Gasteiger partial charge in [-0.15, -0.1) is 24.0 Å². The Hall–Kier alpha value is -1.11. The maximum atomic E-state index is 11.5. The number of aliphatic hydroxyl groups is 1. The highest BCUT2D eigenvalue weighted by Gasteiger charge is 2.21. The van der Waals surface area contributed by atoms with Crippen molar-refractivity contribution in [1.29, 1.82) is 0 Å². The molecular formula is C20H35IN4O4S. The second-order valence-electron chi connectivity index (χ2n) is 7.39. The molecule has 1 atom stereocenters. The summed E-state index contributed by atoms with van der Waals surface area (Å²) >= 11 is 0. The quantitative estimate of drug-likeness (QED) is 0.241. The molecule has 10 heteroatoms. The molecule has 3 N–H and O–H groups in total. The van der Waals surface area contributed by atoms with E-state index in [2.05, 4.69) is 20.5 Å². The van der Waals surface area contributed by atoms with E-state index >= 15 is 0 Å². The van der Waals surface area contributed by atoms with E-state index in [1.54, 1.807) is 0 Å². The first-order valence-corrected chi connectivity index (χ1v) is 12.0. The fourth-order valence-corrected chi connectivity index (χ4v) is 4.28. The number of hydrogen-bond donors (Lipinski definition) is 3. The Morgan fingerprint density at radius 3 is 2.60 bits per heavy atom. The van der Waals surface area contributed by atoms with Crippen LogP contribution in [0.2, 0.25) is 0 Å². The van der Waals surface area contributed by atoms with Gasteiger partial charge in [-0.2, -0.15) is 0 Å². The minimum absolute atomic E-state index is 0. The molecule has 0 spiro atoms. The van der Waals surface area contributed by atoms with Crippen LogP contribution in [0.15, 0.2) is 29.3 Å². The average molecular weight is 554 g/mol. The van der Waals surface area contributed by atoms with Crippen LogP contribution in [-0.2, 0) is 9.84 Å². The van der Waals surface area contributed by atoms with Crippen molar-refractivity contribution in [2.75, 3.05) is 50.8 Å². The van der Waals surface area contributed by atoms with Crippen LogP contribution in [0.5, 0.6) is 5.75 Å². The summed E-state index contributed by atoms with van der Waals surface area (Å²) in [6.45, 7) is 9.39. The van der Waals surface area contributed by atoms with Gasteiger partial charge in [0, 0.05) is 32.7 Å². The largest absolute Gasteiger partial charge is 0.491 e. The Balaban J connectivity index is 0.00000450. The summed E-state index contributed by atoms with van der Waals surface area (Å²) in [6, 6.07) is 7.43. The summed E-state index contributed by atoms with van der Waals surface area (Å²) in [5.74, 6) is 1.82. The number of guanidine groups is 1. The van der Waals surface area contributed by atoms with Gasteiger partial charge in [0.15, 0.2) is 15.8 Å². The summed E-state index contributed by atoms with van der Waals surface area (Å²) < 4.78 is 28.7. The molecule has 0 radical (unpaired) electrons. The molecule has 1 aliphatic rings. The molecule has 0 saturated carbocycles. The maximum absolute atomic E-state index is 11.5. The van der Waals surface area contributed by atoms with Gasteiger partial charge >= 0.3 is 0 Å². The summed E-state index contributed by atoms with van der Waals surface area (Å²) in [4.78, 5) is 6.61. The molecule has 1 aliphatic heterocycles. The third kappa shape index (κ3) is 9.80. The molecular weight excluding hydrogens is 519 g/mol. The number of rotatable bonds is 9. The van der Waals surface area contributed by atoms with Crippen molar-refractivity contribution in [3.63, 3.8) is 0 Å². The lowest BCUT2D eigenvalue weighted by atomic mass is 10.1. The van der Waals surface area contributed by atoms with Crippen LogP contribution in [0.3, 0.4) is 0 Å². The molecule has 172 valence electrons. The first-order chi connectivity index (χ1) is 13.8. The van der Waals surface area contributed by atoms with E-state index < -0.39 is 15.9 Å². The Kier molecular flexibility index (Phi) is 12.0. The van der Waals surface area contributed by atoms with Crippen molar-refractivity contribution in [3.05, 3.63) is 29.8 Å². The summed E-state index contributed by atoms with van der Waals surface area (Å²) in [5, 5.41) is 16.9. The van der Waals surface area contributed by atoms with Gasteiger partial charge in [0.25, 0.3) is 0 Å². The summed E-state index contributed by atoms with van der Waals surface area (Å²) in [6.07, 6.45) is -0.654. The van der Waals surface area contributed by atoms with E-state index in [1.807, 2.05) is 45.0 Å². The highest BCUT2D eigenvalue weighted by Crippen LogP contribution is 2.20. The van der Waals surface area contributed by atoms with Gasteiger partial charge in [-0.25, -0.2) is 8.42 Å². The molecule has 1 fully saturated rings. The Morgan fingerprint density at radius 2 is 1.97 bits per heavy atom. The second-order valence-corrected chi connectivity index (χ2v) is 9.70. The third-order valence-corrected chi connectivity index (χ3v) is 6.15. The molecule has 0 amide bonds. The lowest BCUT2D eigenvalue weighted by Crippen LogP contribution is -2.46. The fraction of sp³-hybridized carbons (Fsp3) is 0.650. The van der Waals surface area contributed by atoms with Crippen molar-refractivity contribution in [2.45, 2.75) is 33.0 Å². The molecule has 1 aromatic carbocycles. The standard InChI is InChI=1S/C20H34N4O4S.HI/c1-4-21-20(22-8-9-24-10-12-29(26,27)13-11-24)23-15-19(25)17-6-5-7-18(14-17)28-16(2)3;/h5-7,14,16,19,25H,4,8-13,15H2,1-3H3,(H2,21,22,23);1H. The zero-order valence-corrected chi connectivity index (χ0v) is 21.2. The topological polar surface area (TPSA) is 103 Å². The van der Waals surface area contributed by atoms with Crippen LogP contribution < -0.4 is 15.4 Å². The van der Waals surface area contributed by atoms with Gasteiger partial charge in [0.05, 0.1) is 30.3 Å². The minimum Gasteiger partial charge on any atom is -0.491 e. The van der Waals surface area contributed by atoms with Crippen molar-refractivity contribution < 1.29 is 18.3 Å². The summed E-state index contributed by atoms with van der Waals surface area (Å²) in [7, 11) is -2.86. The molecule has 0 aliphatic carbocycles. The van der Waals surface area contributed by atoms with Crippen LogP contribution in [0.1, 0.15) is 32.4 Å². The second kappa shape index (κ2) is 13.3. The number of halogens is 1. The third-order valence-electron chi connectivity index (χ3n) is 4.54. The number of ether oxygens (including phenoxy) is 1. The Labute approximate surface area is 197 Å². The molecule has 2 rings (SSSR count). The predicted molar refractivity (Wildman–Crippen MR) is 132 cm³/mol. The van der Waals surface area contributed by atoms with E-state index in [9.17, 15) is 13.5 Å². The zero-order valence-electron chi connectivity index (χ0n) is 18.0. The zero-order chi connectivity index (χ0) is 21.3. The molecule has 0 bridgehead atoms. The van der Waals surface area contributed by atoms with E-state index in [0.717, 1.165) is 17.9 Å². The highest BCUT2D eigenvalue weighted by molar-refractivity contribution is 14.0. The van der Waals surface area contributed by atoms with Crippen LogP contribution in [0.25, 0.3) is 0 Å². The van der Waals surface area contributed by atoms with Gasteiger partial charge < -0.3 is 20.5 Å². The predicted octanol–water partition coefficient (Wildman–Crippen LogP) is 1.41. The first kappa shape index (κ1) is 26.9. The van der Waals surface area contributed by atoms with Crippen molar-refractivity contribution in [2.24, 2.45) is 4.99 Å². The van der Waals surface area contributed by atoms with Crippen LogP contribution in [-0.4, -0.2) is 81.3 Å². The van der Waals surface area contributed by atoms with Crippen LogP contribution >= 0.6 is 24.0 Å². The molecule has 1 aromatic rings. The van der Waals surface area contributed by atoms with E-state index in [0.29, 0.717) is 32.1 Å². The molecule has 1 unspecified atom stereocenters. The van der Waals surface area contributed by atoms with Crippen LogP contribution in [0.4, 0.5) is 0 Å². The molecule has 0 aromatic heterocycles. The van der Waals surface area contributed by atoms with Crippen molar-refractivity contribution >= 4 is 39.8 Å². The molecule has 30 heavy (non-hydrogen) atoms. The number of benzene rings is 1. The van der Waals surface area contributed by atoms with Crippen molar-refractivity contribution in [3.8, 4) is 5.75 Å². The minimum atomic E-state index is -2.86. The number of aliphatic imine (C=N–C) groups is 1. The highest BCUT2D eigenvalue weighted by atomic mass is 127. The van der Waals surface area contributed by atoms with E-state index in [-0.39, 0.29) is 48.1 Å². The molecule has 1 saturated heterocycles. The average Bonchev–Trinajstić information content (AvgIpc) is 2.67. The molecule has 1 heterocycles.